The van der Waals surface area contributed by atoms with Gasteiger partial charge < -0.3 is 15.2 Å². The third kappa shape index (κ3) is 3.28. The maximum absolute atomic E-state index is 10.7. The predicted octanol–water partition coefficient (Wildman–Crippen LogP) is 2.85. The Balaban J connectivity index is 2.27. The van der Waals surface area contributed by atoms with Crippen LogP contribution < -0.4 is 10.1 Å². The largest absolute Gasteiger partial charge is 0.496 e. The zero-order chi connectivity index (χ0) is 13.8. The van der Waals surface area contributed by atoms with E-state index in [2.05, 4.69) is 31.3 Å². The fourth-order valence-electron chi connectivity index (χ4n) is 2.76. The lowest BCUT2D eigenvalue weighted by atomic mass is 9.86. The Bertz CT molecular complexity index is 411. The van der Waals surface area contributed by atoms with Crippen LogP contribution in [0.5, 0.6) is 5.75 Å². The average Bonchev–Trinajstić information content (AvgIpc) is 2.46. The first kappa shape index (κ1) is 14.4. The molecule has 0 bridgehead atoms. The number of rotatable bonds is 4. The molecule has 2 rings (SSSR count). The topological polar surface area (TPSA) is 41.5 Å². The Morgan fingerprint density at radius 3 is 2.53 bits per heavy atom. The number of ether oxygens (including phenoxy) is 1. The molecule has 0 amide bonds. The van der Waals surface area contributed by atoms with Crippen LogP contribution in [0.2, 0.25) is 0 Å². The third-order valence-electron chi connectivity index (χ3n) is 4.07. The second-order valence-corrected chi connectivity index (χ2v) is 5.69. The number of hydrogen-bond acceptors (Lipinski definition) is 3. The lowest BCUT2D eigenvalue weighted by Gasteiger charge is -2.28. The van der Waals surface area contributed by atoms with Crippen molar-refractivity contribution in [1.29, 1.82) is 0 Å². The third-order valence-corrected chi connectivity index (χ3v) is 4.07. The minimum Gasteiger partial charge on any atom is -0.496 e. The van der Waals surface area contributed by atoms with Gasteiger partial charge in [-0.05, 0) is 55.5 Å². The highest BCUT2D eigenvalue weighted by Crippen LogP contribution is 2.35. The molecule has 0 spiro atoms. The number of piperidine rings is 1. The van der Waals surface area contributed by atoms with Gasteiger partial charge >= 0.3 is 0 Å². The van der Waals surface area contributed by atoms with Crippen molar-refractivity contribution in [2.45, 2.75) is 38.7 Å². The minimum absolute atomic E-state index is 0.331. The standard InChI is InChI=1S/C16H25NO2/c1-11(2)13-4-5-15(19-3)14(10-13)16(18)12-6-8-17-9-7-12/h4-5,10-12,16-18H,6-9H2,1-3H3. The van der Waals surface area contributed by atoms with Crippen LogP contribution in [0.15, 0.2) is 18.2 Å². The summed E-state index contributed by atoms with van der Waals surface area (Å²) >= 11 is 0. The van der Waals surface area contributed by atoms with E-state index >= 15 is 0 Å². The van der Waals surface area contributed by atoms with Crippen molar-refractivity contribution >= 4 is 0 Å². The summed E-state index contributed by atoms with van der Waals surface area (Å²) in [6.07, 6.45) is 1.63. The fraction of sp³-hybridized carbons (Fsp3) is 0.625. The van der Waals surface area contributed by atoms with Crippen LogP contribution in [0.3, 0.4) is 0 Å². The molecule has 0 radical (unpaired) electrons. The quantitative estimate of drug-likeness (QED) is 0.877. The maximum atomic E-state index is 10.7. The molecule has 3 nitrogen and oxygen atoms in total. The molecule has 1 aromatic carbocycles. The lowest BCUT2D eigenvalue weighted by Crippen LogP contribution is -2.31. The average molecular weight is 263 g/mol. The van der Waals surface area contributed by atoms with Crippen LogP contribution in [-0.2, 0) is 0 Å². The molecule has 1 saturated heterocycles. The number of benzene rings is 1. The van der Waals surface area contributed by atoms with E-state index in [9.17, 15) is 5.11 Å². The molecule has 0 aromatic heterocycles. The van der Waals surface area contributed by atoms with E-state index in [0.717, 1.165) is 37.2 Å². The molecule has 0 aliphatic carbocycles. The smallest absolute Gasteiger partial charge is 0.124 e. The summed E-state index contributed by atoms with van der Waals surface area (Å²) in [6.45, 7) is 6.33. The summed E-state index contributed by atoms with van der Waals surface area (Å²) in [6, 6.07) is 6.17. The first-order valence-electron chi connectivity index (χ1n) is 7.20. The van der Waals surface area contributed by atoms with Crippen molar-refractivity contribution < 1.29 is 9.84 Å². The van der Waals surface area contributed by atoms with Gasteiger partial charge in [0.05, 0.1) is 13.2 Å². The predicted molar refractivity (Wildman–Crippen MR) is 77.6 cm³/mol. The zero-order valence-corrected chi connectivity index (χ0v) is 12.1. The highest BCUT2D eigenvalue weighted by Gasteiger charge is 2.25. The Kier molecular flexibility index (Phi) is 4.83. The molecule has 1 unspecified atom stereocenters. The first-order chi connectivity index (χ1) is 9.13. The zero-order valence-electron chi connectivity index (χ0n) is 12.1. The molecule has 1 atom stereocenters. The molecule has 19 heavy (non-hydrogen) atoms. The Morgan fingerprint density at radius 1 is 1.26 bits per heavy atom. The van der Waals surface area contributed by atoms with Gasteiger partial charge in [-0.3, -0.25) is 0 Å². The van der Waals surface area contributed by atoms with Crippen molar-refractivity contribution in [3.8, 4) is 5.75 Å². The number of nitrogens with one attached hydrogen (secondary N) is 1. The molecule has 106 valence electrons. The normalized spacial score (nSPS) is 18.6. The molecule has 1 aliphatic rings. The second kappa shape index (κ2) is 6.40. The molecule has 3 heteroatoms. The lowest BCUT2D eigenvalue weighted by molar-refractivity contribution is 0.0864. The minimum atomic E-state index is -0.421. The van der Waals surface area contributed by atoms with E-state index in [1.165, 1.54) is 5.56 Å². The second-order valence-electron chi connectivity index (χ2n) is 5.69. The van der Waals surface area contributed by atoms with Gasteiger partial charge in [0.25, 0.3) is 0 Å². The number of methoxy groups -OCH3 is 1. The van der Waals surface area contributed by atoms with Crippen LogP contribution in [0.4, 0.5) is 0 Å². The van der Waals surface area contributed by atoms with Gasteiger partial charge in [0.2, 0.25) is 0 Å². The van der Waals surface area contributed by atoms with E-state index in [1.54, 1.807) is 7.11 Å². The van der Waals surface area contributed by atoms with Gasteiger partial charge in [-0.2, -0.15) is 0 Å². The number of hydrogen-bond donors (Lipinski definition) is 2. The molecule has 0 saturated carbocycles. The molecule has 1 heterocycles. The summed E-state index contributed by atoms with van der Waals surface area (Å²) in [5.41, 5.74) is 2.20. The van der Waals surface area contributed by atoms with Crippen molar-refractivity contribution in [2.75, 3.05) is 20.2 Å². The van der Waals surface area contributed by atoms with Crippen LogP contribution >= 0.6 is 0 Å². The summed E-state index contributed by atoms with van der Waals surface area (Å²) in [5.74, 6) is 1.60. The highest BCUT2D eigenvalue weighted by atomic mass is 16.5. The molecule has 1 aliphatic heterocycles. The molecule has 1 fully saturated rings. The van der Waals surface area contributed by atoms with Crippen LogP contribution in [0.1, 0.15) is 49.8 Å². The van der Waals surface area contributed by atoms with Crippen molar-refractivity contribution in [2.24, 2.45) is 5.92 Å². The van der Waals surface area contributed by atoms with Crippen molar-refractivity contribution in [1.82, 2.24) is 5.32 Å². The van der Waals surface area contributed by atoms with Crippen LogP contribution in [0, 0.1) is 5.92 Å². The molecule has 2 N–H and O–H groups in total. The number of aliphatic hydroxyl groups is 1. The van der Waals surface area contributed by atoms with Gasteiger partial charge in [-0.25, -0.2) is 0 Å². The van der Waals surface area contributed by atoms with Gasteiger partial charge in [0.1, 0.15) is 5.75 Å². The summed E-state index contributed by atoms with van der Waals surface area (Å²) in [4.78, 5) is 0. The van der Waals surface area contributed by atoms with Gasteiger partial charge in [-0.15, -0.1) is 0 Å². The van der Waals surface area contributed by atoms with Gasteiger partial charge in [0.15, 0.2) is 0 Å². The van der Waals surface area contributed by atoms with Crippen molar-refractivity contribution in [3.05, 3.63) is 29.3 Å². The Morgan fingerprint density at radius 2 is 1.95 bits per heavy atom. The van der Waals surface area contributed by atoms with Crippen LogP contribution in [0.25, 0.3) is 0 Å². The highest BCUT2D eigenvalue weighted by molar-refractivity contribution is 5.40. The monoisotopic (exact) mass is 263 g/mol. The summed E-state index contributed by atoms with van der Waals surface area (Å²) in [7, 11) is 1.67. The van der Waals surface area contributed by atoms with E-state index in [0.29, 0.717) is 11.8 Å². The summed E-state index contributed by atoms with van der Waals surface area (Å²) < 4.78 is 5.42. The molecular weight excluding hydrogens is 238 g/mol. The number of aliphatic hydroxyl groups excluding tert-OH is 1. The maximum Gasteiger partial charge on any atom is 0.124 e. The molecular formula is C16H25NO2. The Hall–Kier alpha value is -1.06. The first-order valence-corrected chi connectivity index (χ1v) is 7.20. The Labute approximate surface area is 116 Å². The van der Waals surface area contributed by atoms with Crippen molar-refractivity contribution in [3.63, 3.8) is 0 Å². The fourth-order valence-corrected chi connectivity index (χ4v) is 2.76. The molecule has 1 aromatic rings. The van der Waals surface area contributed by atoms with Crippen LogP contribution in [-0.4, -0.2) is 25.3 Å². The summed E-state index contributed by atoms with van der Waals surface area (Å²) in [5, 5.41) is 14.0. The van der Waals surface area contributed by atoms with E-state index in [4.69, 9.17) is 4.74 Å². The van der Waals surface area contributed by atoms with Gasteiger partial charge in [-0.1, -0.05) is 19.9 Å². The van der Waals surface area contributed by atoms with E-state index < -0.39 is 6.10 Å². The van der Waals surface area contributed by atoms with Gasteiger partial charge in [0, 0.05) is 5.56 Å². The van der Waals surface area contributed by atoms with E-state index in [-0.39, 0.29) is 0 Å². The SMILES string of the molecule is COc1ccc(C(C)C)cc1C(O)C1CCNCC1. The van der Waals surface area contributed by atoms with E-state index in [1.807, 2.05) is 6.07 Å².